The summed E-state index contributed by atoms with van der Waals surface area (Å²) in [4.78, 5) is 11.3. The summed E-state index contributed by atoms with van der Waals surface area (Å²) in [6.45, 7) is 0. The number of carbonyl (C=O) groups excluding carboxylic acids is 1. The Labute approximate surface area is 84.5 Å². The third-order valence-electron chi connectivity index (χ3n) is 1.70. The van der Waals surface area contributed by atoms with Crippen LogP contribution in [0.25, 0.3) is 0 Å². The molecule has 1 fully saturated rings. The summed E-state index contributed by atoms with van der Waals surface area (Å²) in [5.41, 5.74) is 0. The summed E-state index contributed by atoms with van der Waals surface area (Å²) in [7, 11) is -3.57. The van der Waals surface area contributed by atoms with Crippen LogP contribution in [0, 0.1) is 5.92 Å². The van der Waals surface area contributed by atoms with E-state index < -0.39 is 18.7 Å². The van der Waals surface area contributed by atoms with Crippen molar-refractivity contribution in [2.45, 2.75) is 16.0 Å². The number of ketones is 1. The Bertz CT molecular complexity index is 305. The first-order chi connectivity index (χ1) is 5.27. The Balaban J connectivity index is 2.91. The zero-order valence-corrected chi connectivity index (χ0v) is 9.54. The highest BCUT2D eigenvalue weighted by atomic mass is 79.9. The van der Waals surface area contributed by atoms with Crippen LogP contribution < -0.4 is 0 Å². The Morgan fingerprint density at radius 2 is 2.00 bits per heavy atom. The lowest BCUT2D eigenvalue weighted by Crippen LogP contribution is -2.35. The second-order valence-corrected chi connectivity index (χ2v) is 8.05. The van der Waals surface area contributed by atoms with E-state index in [-0.39, 0.29) is 5.92 Å². The van der Waals surface area contributed by atoms with Gasteiger partial charge in [0, 0.05) is 12.2 Å². The first-order valence-electron chi connectivity index (χ1n) is 3.38. The van der Waals surface area contributed by atoms with Crippen LogP contribution in [-0.4, -0.2) is 23.6 Å². The molecule has 0 amide bonds. The van der Waals surface area contributed by atoms with E-state index >= 15 is 0 Å². The van der Waals surface area contributed by atoms with Gasteiger partial charge < -0.3 is 0 Å². The number of Topliss-reactive ketones (excluding diaryl/α,β-unsaturated/α-hetero) is 1. The molecule has 1 unspecified atom stereocenters. The second-order valence-electron chi connectivity index (χ2n) is 2.93. The van der Waals surface area contributed by atoms with Gasteiger partial charge in [-0.1, -0.05) is 11.6 Å². The summed E-state index contributed by atoms with van der Waals surface area (Å²) in [6.07, 6.45) is 2.43. The molecule has 6 heteroatoms. The molecule has 0 radical (unpaired) electrons. The standard InChI is InChI=1S/C6H8BrClO3S/c1-12(10,11)6(7,8)5(9)4-2-3-4/h4H,2-3H2,1H3. The van der Waals surface area contributed by atoms with Crippen LogP contribution in [0.3, 0.4) is 0 Å². The summed E-state index contributed by atoms with van der Waals surface area (Å²) < 4.78 is 20.2. The third-order valence-corrected chi connectivity index (χ3v) is 6.02. The van der Waals surface area contributed by atoms with Gasteiger partial charge in [0.25, 0.3) is 3.12 Å². The van der Waals surface area contributed by atoms with Crippen molar-refractivity contribution in [2.75, 3.05) is 6.26 Å². The maximum atomic E-state index is 11.3. The molecule has 0 saturated heterocycles. The molecule has 1 aliphatic rings. The van der Waals surface area contributed by atoms with E-state index in [0.717, 1.165) is 19.1 Å². The molecular weight excluding hydrogens is 267 g/mol. The van der Waals surface area contributed by atoms with Crippen molar-refractivity contribution < 1.29 is 13.2 Å². The Hall–Kier alpha value is 0.390. The molecule has 0 heterocycles. The molecule has 12 heavy (non-hydrogen) atoms. The normalized spacial score (nSPS) is 23.2. The van der Waals surface area contributed by atoms with Crippen LogP contribution in [0.5, 0.6) is 0 Å². The van der Waals surface area contributed by atoms with Crippen LogP contribution in [0.1, 0.15) is 12.8 Å². The maximum Gasteiger partial charge on any atom is 0.256 e. The van der Waals surface area contributed by atoms with Gasteiger partial charge in [0.05, 0.1) is 0 Å². The van der Waals surface area contributed by atoms with Crippen molar-refractivity contribution in [3.8, 4) is 0 Å². The van der Waals surface area contributed by atoms with E-state index in [1.54, 1.807) is 0 Å². The minimum atomic E-state index is -3.57. The average Bonchev–Trinajstić information content (AvgIpc) is 2.64. The number of rotatable bonds is 3. The molecule has 0 bridgehead atoms. The minimum absolute atomic E-state index is 0.170. The number of carbonyl (C=O) groups is 1. The summed E-state index contributed by atoms with van der Waals surface area (Å²) in [5.74, 6) is -0.608. The molecule has 0 aromatic rings. The highest BCUT2D eigenvalue weighted by Crippen LogP contribution is 2.41. The molecule has 0 aliphatic heterocycles. The molecule has 1 aliphatic carbocycles. The topological polar surface area (TPSA) is 51.2 Å². The fourth-order valence-corrected chi connectivity index (χ4v) is 1.78. The van der Waals surface area contributed by atoms with E-state index in [9.17, 15) is 13.2 Å². The van der Waals surface area contributed by atoms with Crippen molar-refractivity contribution in [2.24, 2.45) is 5.92 Å². The highest BCUT2D eigenvalue weighted by Gasteiger charge is 2.49. The summed E-state index contributed by atoms with van der Waals surface area (Å²) >= 11 is 8.31. The van der Waals surface area contributed by atoms with E-state index in [1.807, 2.05) is 0 Å². The number of halogens is 2. The van der Waals surface area contributed by atoms with Crippen LogP contribution in [0.2, 0.25) is 0 Å². The van der Waals surface area contributed by atoms with Gasteiger partial charge in [-0.2, -0.15) is 0 Å². The van der Waals surface area contributed by atoms with E-state index in [2.05, 4.69) is 15.9 Å². The highest BCUT2D eigenvalue weighted by molar-refractivity contribution is 9.12. The van der Waals surface area contributed by atoms with Gasteiger partial charge in [0.2, 0.25) is 0 Å². The first kappa shape index (κ1) is 10.5. The van der Waals surface area contributed by atoms with Crippen molar-refractivity contribution in [3.05, 3.63) is 0 Å². The fourth-order valence-electron chi connectivity index (χ4n) is 0.766. The monoisotopic (exact) mass is 274 g/mol. The number of hydrogen-bond acceptors (Lipinski definition) is 3. The Morgan fingerprint density at radius 1 is 1.58 bits per heavy atom. The predicted octanol–water partition coefficient (Wildman–Crippen LogP) is 1.30. The van der Waals surface area contributed by atoms with Crippen molar-refractivity contribution in [1.29, 1.82) is 0 Å². The quantitative estimate of drug-likeness (QED) is 0.730. The zero-order valence-electron chi connectivity index (χ0n) is 6.38. The van der Waals surface area contributed by atoms with Gasteiger partial charge in [-0.15, -0.1) is 0 Å². The van der Waals surface area contributed by atoms with Gasteiger partial charge in [-0.3, -0.25) is 4.79 Å². The third kappa shape index (κ3) is 1.83. The number of sulfone groups is 1. The van der Waals surface area contributed by atoms with Crippen molar-refractivity contribution in [1.82, 2.24) is 0 Å². The SMILES string of the molecule is CS(=O)(=O)C(Cl)(Br)C(=O)C1CC1. The van der Waals surface area contributed by atoms with E-state index in [0.29, 0.717) is 0 Å². The average molecular weight is 276 g/mol. The molecular formula is C6H8BrClO3S. The van der Waals surface area contributed by atoms with Crippen LogP contribution in [0.15, 0.2) is 0 Å². The molecule has 0 aromatic heterocycles. The maximum absolute atomic E-state index is 11.3. The van der Waals surface area contributed by atoms with Crippen molar-refractivity contribution >= 4 is 43.2 Å². The van der Waals surface area contributed by atoms with Gasteiger partial charge in [-0.25, -0.2) is 8.42 Å². The van der Waals surface area contributed by atoms with Crippen LogP contribution in [-0.2, 0) is 14.6 Å². The molecule has 70 valence electrons. The Kier molecular flexibility index (Phi) is 2.58. The lowest BCUT2D eigenvalue weighted by atomic mass is 10.3. The van der Waals surface area contributed by atoms with Gasteiger partial charge in [-0.05, 0) is 28.8 Å². The van der Waals surface area contributed by atoms with Crippen LogP contribution >= 0.6 is 27.5 Å². The minimum Gasteiger partial charge on any atom is -0.295 e. The summed E-state index contributed by atoms with van der Waals surface area (Å²) in [5, 5.41) is 0. The fraction of sp³-hybridized carbons (Fsp3) is 0.833. The van der Waals surface area contributed by atoms with E-state index in [1.165, 1.54) is 0 Å². The molecule has 1 saturated carbocycles. The smallest absolute Gasteiger partial charge is 0.256 e. The molecule has 3 nitrogen and oxygen atoms in total. The second kappa shape index (κ2) is 2.96. The van der Waals surface area contributed by atoms with Gasteiger partial charge >= 0.3 is 0 Å². The van der Waals surface area contributed by atoms with E-state index in [4.69, 9.17) is 11.6 Å². The number of hydrogen-bond donors (Lipinski definition) is 0. The molecule has 0 spiro atoms. The predicted molar refractivity (Wildman–Crippen MR) is 50.1 cm³/mol. The lowest BCUT2D eigenvalue weighted by molar-refractivity contribution is -0.119. The lowest BCUT2D eigenvalue weighted by Gasteiger charge is -2.15. The first-order valence-corrected chi connectivity index (χ1v) is 6.45. The van der Waals surface area contributed by atoms with Crippen molar-refractivity contribution in [3.63, 3.8) is 0 Å². The molecule has 0 aromatic carbocycles. The molecule has 1 rings (SSSR count). The molecule has 0 N–H and O–H groups in total. The zero-order chi connectivity index (χ0) is 9.57. The molecule has 1 atom stereocenters. The van der Waals surface area contributed by atoms with Gasteiger partial charge in [0.1, 0.15) is 0 Å². The number of alkyl halides is 2. The largest absolute Gasteiger partial charge is 0.295 e. The summed E-state index contributed by atoms with van der Waals surface area (Å²) in [6, 6.07) is 0. The van der Waals surface area contributed by atoms with Crippen LogP contribution in [0.4, 0.5) is 0 Å². The van der Waals surface area contributed by atoms with Gasteiger partial charge in [0.15, 0.2) is 15.6 Å². The Morgan fingerprint density at radius 3 is 2.25 bits per heavy atom.